The van der Waals surface area contributed by atoms with Gasteiger partial charge in [-0.25, -0.2) is 0 Å². The minimum Gasteiger partial charge on any atom is -0.0877 e. The van der Waals surface area contributed by atoms with E-state index < -0.39 is 13.9 Å². The number of hydrogen-bond acceptors (Lipinski definition) is 2. The minimum atomic E-state index is -1.67. The normalized spacial score (nSPS) is 12.6. The lowest BCUT2D eigenvalue weighted by Gasteiger charge is -2.18. The standard InChI is InChI=1S/C4H10N6Si/c1-11(2,3)4(7-9-5)8-10-6/h4H,1-3H3. The molecule has 0 aromatic carbocycles. The molecule has 0 saturated carbocycles. The van der Waals surface area contributed by atoms with Gasteiger partial charge in [0, 0.05) is 9.82 Å². The van der Waals surface area contributed by atoms with Crippen LogP contribution >= 0.6 is 0 Å². The van der Waals surface area contributed by atoms with Crippen molar-refractivity contribution in [1.82, 2.24) is 0 Å². The molecule has 0 atom stereocenters. The van der Waals surface area contributed by atoms with Gasteiger partial charge in [0.05, 0.1) is 8.07 Å². The van der Waals surface area contributed by atoms with Crippen LogP contribution in [0.3, 0.4) is 0 Å². The summed E-state index contributed by atoms with van der Waals surface area (Å²) < 4.78 is 0. The highest BCUT2D eigenvalue weighted by Crippen LogP contribution is 2.12. The maximum absolute atomic E-state index is 8.12. The van der Waals surface area contributed by atoms with Crippen molar-refractivity contribution in [3.8, 4) is 0 Å². The van der Waals surface area contributed by atoms with Gasteiger partial charge >= 0.3 is 0 Å². The van der Waals surface area contributed by atoms with Crippen molar-refractivity contribution in [2.45, 2.75) is 25.4 Å². The molecule has 0 amide bonds. The van der Waals surface area contributed by atoms with E-state index in [9.17, 15) is 0 Å². The van der Waals surface area contributed by atoms with E-state index >= 15 is 0 Å². The Kier molecular flexibility index (Phi) is 3.46. The monoisotopic (exact) mass is 170 g/mol. The molecule has 60 valence electrons. The van der Waals surface area contributed by atoms with Gasteiger partial charge < -0.3 is 0 Å². The van der Waals surface area contributed by atoms with Gasteiger partial charge in [0.2, 0.25) is 0 Å². The molecule has 11 heavy (non-hydrogen) atoms. The number of nitrogens with zero attached hydrogens (tertiary/aromatic N) is 6. The van der Waals surface area contributed by atoms with Crippen LogP contribution in [0.1, 0.15) is 0 Å². The summed E-state index contributed by atoms with van der Waals surface area (Å²) in [5, 5.41) is 6.81. The fourth-order valence-corrected chi connectivity index (χ4v) is 1.26. The number of rotatable bonds is 3. The summed E-state index contributed by atoms with van der Waals surface area (Å²) in [5.74, 6) is -0.516. The average Bonchev–Trinajstić information content (AvgIpc) is 1.85. The van der Waals surface area contributed by atoms with Crippen LogP contribution in [0.5, 0.6) is 0 Å². The predicted octanol–water partition coefficient (Wildman–Crippen LogP) is 2.81. The van der Waals surface area contributed by atoms with Crippen molar-refractivity contribution in [3.63, 3.8) is 0 Å². The van der Waals surface area contributed by atoms with Crippen LogP contribution in [0, 0.1) is 0 Å². The summed E-state index contributed by atoms with van der Waals surface area (Å²) in [6.07, 6.45) is 0. The molecule has 0 aromatic heterocycles. The molecule has 0 bridgehead atoms. The van der Waals surface area contributed by atoms with Gasteiger partial charge in [0.15, 0.2) is 0 Å². The zero-order valence-electron chi connectivity index (χ0n) is 6.76. The van der Waals surface area contributed by atoms with Crippen LogP contribution in [-0.2, 0) is 0 Å². The van der Waals surface area contributed by atoms with Gasteiger partial charge in [-0.2, -0.15) is 0 Å². The Balaban J connectivity index is 4.60. The molecule has 0 N–H and O–H groups in total. The second-order valence-electron chi connectivity index (χ2n) is 3.15. The molecule has 7 heteroatoms. The summed E-state index contributed by atoms with van der Waals surface area (Å²) in [5.41, 5.74) is 16.2. The molecule has 0 aliphatic rings. The summed E-state index contributed by atoms with van der Waals surface area (Å²) in [6.45, 7) is 5.92. The topological polar surface area (TPSA) is 97.5 Å². The van der Waals surface area contributed by atoms with Crippen molar-refractivity contribution in [2.75, 3.05) is 0 Å². The fourth-order valence-electron chi connectivity index (χ4n) is 0.467. The molecule has 0 saturated heterocycles. The highest BCUT2D eigenvalue weighted by atomic mass is 28.3. The maximum atomic E-state index is 8.12. The van der Waals surface area contributed by atoms with Gasteiger partial charge in [0.25, 0.3) is 0 Å². The molecule has 0 aliphatic heterocycles. The summed E-state index contributed by atoms with van der Waals surface area (Å²) in [4.78, 5) is 5.23. The lowest BCUT2D eigenvalue weighted by Crippen LogP contribution is -2.34. The van der Waals surface area contributed by atoms with E-state index in [0.717, 1.165) is 0 Å². The van der Waals surface area contributed by atoms with Crippen LogP contribution in [0.2, 0.25) is 19.6 Å². The van der Waals surface area contributed by atoms with Crippen molar-refractivity contribution in [1.29, 1.82) is 0 Å². The maximum Gasteiger partial charge on any atom is 0.108 e. The Morgan fingerprint density at radius 3 is 1.64 bits per heavy atom. The Morgan fingerprint density at radius 2 is 1.45 bits per heavy atom. The Hall–Kier alpha value is -1.16. The van der Waals surface area contributed by atoms with E-state index in [0.29, 0.717) is 0 Å². The molecule has 0 rings (SSSR count). The number of hydrogen-bond donors (Lipinski definition) is 0. The molecule has 0 fully saturated rings. The van der Waals surface area contributed by atoms with Gasteiger partial charge in [-0.1, -0.05) is 29.9 Å². The first kappa shape index (κ1) is 9.84. The van der Waals surface area contributed by atoms with Gasteiger partial charge in [-0.05, 0) is 11.1 Å². The number of azide groups is 1. The predicted molar refractivity (Wildman–Crippen MR) is 45.4 cm³/mol. The first-order valence-electron chi connectivity index (χ1n) is 3.11. The lowest BCUT2D eigenvalue weighted by atomic mass is 11.2. The Labute approximate surface area is 65.5 Å². The van der Waals surface area contributed by atoms with E-state index in [4.69, 9.17) is 11.1 Å². The van der Waals surface area contributed by atoms with Crippen LogP contribution < -0.4 is 0 Å². The van der Waals surface area contributed by atoms with Crippen molar-refractivity contribution >= 4 is 8.07 Å². The molecular formula is C4H10N6Si. The summed E-state index contributed by atoms with van der Waals surface area (Å²) >= 11 is 0. The Morgan fingerprint density at radius 1 is 1.09 bits per heavy atom. The molecule has 0 radical (unpaired) electrons. The van der Waals surface area contributed by atoms with Crippen molar-refractivity contribution in [2.24, 2.45) is 10.2 Å². The smallest absolute Gasteiger partial charge is 0.0877 e. The van der Waals surface area contributed by atoms with Gasteiger partial charge in [0.1, 0.15) is 5.79 Å². The van der Waals surface area contributed by atoms with Crippen molar-refractivity contribution < 1.29 is 0 Å². The molecule has 0 spiro atoms. The van der Waals surface area contributed by atoms with E-state index in [1.165, 1.54) is 0 Å². The highest BCUT2D eigenvalue weighted by molar-refractivity contribution is 6.77. The quantitative estimate of drug-likeness (QED) is 0.269. The van der Waals surface area contributed by atoms with Crippen LogP contribution in [0.25, 0.3) is 20.9 Å². The van der Waals surface area contributed by atoms with E-state index in [2.05, 4.69) is 20.1 Å². The van der Waals surface area contributed by atoms with Gasteiger partial charge in [-0.15, -0.1) is 0 Å². The van der Waals surface area contributed by atoms with E-state index in [1.807, 2.05) is 19.6 Å². The largest absolute Gasteiger partial charge is 0.108 e. The second-order valence-corrected chi connectivity index (χ2v) is 8.40. The average molecular weight is 170 g/mol. The fraction of sp³-hybridized carbons (Fsp3) is 1.00. The third-order valence-corrected chi connectivity index (χ3v) is 2.88. The molecular weight excluding hydrogens is 160 g/mol. The van der Waals surface area contributed by atoms with Gasteiger partial charge in [-0.3, -0.25) is 0 Å². The van der Waals surface area contributed by atoms with Crippen LogP contribution in [0.15, 0.2) is 10.2 Å². The van der Waals surface area contributed by atoms with Crippen LogP contribution in [-0.4, -0.2) is 13.9 Å². The SMILES string of the molecule is C[Si](C)(C)C(N=[N+]=[N-])N=[N+]=[N-]. The molecule has 6 nitrogen and oxygen atoms in total. The van der Waals surface area contributed by atoms with Crippen molar-refractivity contribution in [3.05, 3.63) is 20.9 Å². The lowest BCUT2D eigenvalue weighted by molar-refractivity contribution is 0.895. The zero-order chi connectivity index (χ0) is 8.91. The Bertz CT molecular complexity index is 199. The summed E-state index contributed by atoms with van der Waals surface area (Å²) in [7, 11) is -1.67. The minimum absolute atomic E-state index is 0.516. The summed E-state index contributed by atoms with van der Waals surface area (Å²) in [6, 6.07) is 0. The highest BCUT2D eigenvalue weighted by Gasteiger charge is 2.23. The molecule has 0 aliphatic carbocycles. The third kappa shape index (κ3) is 3.52. The third-order valence-electron chi connectivity index (χ3n) is 1.10. The molecule has 0 heterocycles. The van der Waals surface area contributed by atoms with Crippen LogP contribution in [0.4, 0.5) is 0 Å². The van der Waals surface area contributed by atoms with E-state index in [-0.39, 0.29) is 0 Å². The van der Waals surface area contributed by atoms with E-state index in [1.54, 1.807) is 0 Å². The first-order chi connectivity index (χ1) is 5.02. The molecule has 0 aromatic rings. The second kappa shape index (κ2) is 3.87. The molecule has 0 unspecified atom stereocenters. The zero-order valence-corrected chi connectivity index (χ0v) is 7.76. The first-order valence-corrected chi connectivity index (χ1v) is 6.68.